The Kier molecular flexibility index (Phi) is 3.89. The van der Waals surface area contributed by atoms with Gasteiger partial charge < -0.3 is 4.57 Å². The molecule has 0 aromatic carbocycles. The molecule has 7 heteroatoms. The number of fused-ring (bicyclic) bond motifs is 3. The summed E-state index contributed by atoms with van der Waals surface area (Å²) in [7, 11) is 1.68. The van der Waals surface area contributed by atoms with Crippen LogP contribution in [0, 0.1) is 12.8 Å². The molecule has 3 aromatic heterocycles. The van der Waals surface area contributed by atoms with E-state index in [1.807, 2.05) is 17.5 Å². The quantitative estimate of drug-likeness (QED) is 0.735. The molecule has 24 heavy (non-hydrogen) atoms. The minimum Gasteiger partial charge on any atom is -0.312 e. The highest BCUT2D eigenvalue weighted by Crippen LogP contribution is 2.20. The van der Waals surface area contributed by atoms with Crippen molar-refractivity contribution in [2.75, 3.05) is 0 Å². The Bertz CT molecular complexity index is 1030. The summed E-state index contributed by atoms with van der Waals surface area (Å²) in [6.45, 7) is 10.7. The number of hydrogen-bond acceptors (Lipinski definition) is 3. The maximum atomic E-state index is 13.0. The highest BCUT2D eigenvalue weighted by molar-refractivity contribution is 5.75. The zero-order valence-electron chi connectivity index (χ0n) is 15.2. The number of aryl methyl sites for hydroxylation is 2. The van der Waals surface area contributed by atoms with Crippen molar-refractivity contribution in [3.8, 4) is 0 Å². The van der Waals surface area contributed by atoms with Crippen LogP contribution in [0.1, 0.15) is 45.9 Å². The molecule has 0 aliphatic rings. The van der Waals surface area contributed by atoms with Crippen molar-refractivity contribution in [2.45, 2.75) is 53.6 Å². The van der Waals surface area contributed by atoms with Gasteiger partial charge in [0.15, 0.2) is 11.2 Å². The summed E-state index contributed by atoms with van der Waals surface area (Å²) in [5.74, 6) is 1.12. The van der Waals surface area contributed by atoms with Crippen LogP contribution in [-0.4, -0.2) is 23.1 Å². The van der Waals surface area contributed by atoms with Gasteiger partial charge in [0.25, 0.3) is 5.56 Å². The minimum atomic E-state index is -0.304. The van der Waals surface area contributed by atoms with Gasteiger partial charge in [0.05, 0.1) is 0 Å². The van der Waals surface area contributed by atoms with Crippen LogP contribution >= 0.6 is 0 Å². The lowest BCUT2D eigenvalue weighted by molar-refractivity contribution is 0.488. The Morgan fingerprint density at radius 3 is 2.42 bits per heavy atom. The maximum absolute atomic E-state index is 13.0. The van der Waals surface area contributed by atoms with Gasteiger partial charge in [0.2, 0.25) is 5.78 Å². The molecule has 3 heterocycles. The molecular weight excluding hydrogens is 306 g/mol. The summed E-state index contributed by atoms with van der Waals surface area (Å²) in [5, 5.41) is 0. The van der Waals surface area contributed by atoms with Gasteiger partial charge in [-0.15, -0.1) is 0 Å². The molecule has 0 amide bonds. The number of nitrogens with zero attached hydrogens (tertiary/aromatic N) is 5. The summed E-state index contributed by atoms with van der Waals surface area (Å²) < 4.78 is 6.70. The Hall–Kier alpha value is -2.31. The average molecular weight is 331 g/mol. The standard InChI is InChI=1S/C17H25N5O2/c1-10(2)7-8-20-15(23)13-14(19(6)17(20)24)18-16-21(13)9-12(5)22(16)11(3)4/h9-11H,7-8H2,1-6H3. The molecule has 0 unspecified atom stereocenters. The van der Waals surface area contributed by atoms with Gasteiger partial charge in [-0.2, -0.15) is 4.98 Å². The third-order valence-corrected chi connectivity index (χ3v) is 4.52. The van der Waals surface area contributed by atoms with Gasteiger partial charge in [-0.3, -0.25) is 18.3 Å². The topological polar surface area (TPSA) is 66.2 Å². The monoisotopic (exact) mass is 331 g/mol. The normalized spacial score (nSPS) is 12.3. The zero-order valence-corrected chi connectivity index (χ0v) is 15.2. The summed E-state index contributed by atoms with van der Waals surface area (Å²) in [4.78, 5) is 30.1. The largest absolute Gasteiger partial charge is 0.332 e. The van der Waals surface area contributed by atoms with Crippen LogP contribution in [0.25, 0.3) is 16.9 Å². The molecule has 0 aliphatic heterocycles. The predicted molar refractivity (Wildman–Crippen MR) is 94.8 cm³/mol. The number of hydrogen-bond donors (Lipinski definition) is 0. The summed E-state index contributed by atoms with van der Waals surface area (Å²) in [5.41, 5.74) is 1.38. The first kappa shape index (κ1) is 16.5. The van der Waals surface area contributed by atoms with Crippen LogP contribution in [0.5, 0.6) is 0 Å². The van der Waals surface area contributed by atoms with Gasteiger partial charge in [0, 0.05) is 31.5 Å². The van der Waals surface area contributed by atoms with Crippen molar-refractivity contribution >= 4 is 16.9 Å². The third-order valence-electron chi connectivity index (χ3n) is 4.52. The van der Waals surface area contributed by atoms with E-state index in [0.717, 1.165) is 12.1 Å². The van der Waals surface area contributed by atoms with E-state index in [4.69, 9.17) is 0 Å². The molecule has 0 bridgehead atoms. The second kappa shape index (κ2) is 5.65. The molecule has 0 aliphatic carbocycles. The lowest BCUT2D eigenvalue weighted by Crippen LogP contribution is -2.39. The van der Waals surface area contributed by atoms with Gasteiger partial charge in [-0.1, -0.05) is 13.8 Å². The molecule has 0 saturated carbocycles. The van der Waals surface area contributed by atoms with Crippen molar-refractivity contribution in [1.29, 1.82) is 0 Å². The fourth-order valence-electron chi connectivity index (χ4n) is 3.25. The van der Waals surface area contributed by atoms with Crippen LogP contribution < -0.4 is 11.2 Å². The first-order valence-electron chi connectivity index (χ1n) is 8.43. The van der Waals surface area contributed by atoms with E-state index >= 15 is 0 Å². The second-order valence-corrected chi connectivity index (χ2v) is 7.17. The van der Waals surface area contributed by atoms with Gasteiger partial charge >= 0.3 is 5.69 Å². The number of rotatable bonds is 4. The van der Waals surface area contributed by atoms with Crippen LogP contribution in [0.4, 0.5) is 0 Å². The van der Waals surface area contributed by atoms with Gasteiger partial charge in [-0.25, -0.2) is 4.79 Å². The van der Waals surface area contributed by atoms with Crippen LogP contribution in [0.2, 0.25) is 0 Å². The minimum absolute atomic E-state index is 0.222. The van der Waals surface area contributed by atoms with Crippen molar-refractivity contribution in [2.24, 2.45) is 13.0 Å². The average Bonchev–Trinajstić information content (AvgIpc) is 2.98. The van der Waals surface area contributed by atoms with Crippen LogP contribution in [0.3, 0.4) is 0 Å². The van der Waals surface area contributed by atoms with Crippen molar-refractivity contribution in [3.63, 3.8) is 0 Å². The van der Waals surface area contributed by atoms with E-state index < -0.39 is 0 Å². The molecule has 0 atom stereocenters. The van der Waals surface area contributed by atoms with E-state index in [-0.39, 0.29) is 17.3 Å². The molecule has 130 valence electrons. The third kappa shape index (κ3) is 2.30. The molecule has 7 nitrogen and oxygen atoms in total. The first-order chi connectivity index (χ1) is 11.2. The highest BCUT2D eigenvalue weighted by Gasteiger charge is 2.20. The predicted octanol–water partition coefficient (Wildman–Crippen LogP) is 2.08. The lowest BCUT2D eigenvalue weighted by Gasteiger charge is -2.09. The molecule has 0 saturated heterocycles. The van der Waals surface area contributed by atoms with E-state index in [2.05, 4.69) is 37.2 Å². The lowest BCUT2D eigenvalue weighted by atomic mass is 10.1. The van der Waals surface area contributed by atoms with E-state index in [1.54, 1.807) is 7.05 Å². The second-order valence-electron chi connectivity index (χ2n) is 7.17. The number of aromatic nitrogens is 5. The Morgan fingerprint density at radius 1 is 1.17 bits per heavy atom. The number of imidazole rings is 2. The molecular formula is C17H25N5O2. The fourth-order valence-corrected chi connectivity index (χ4v) is 3.25. The van der Waals surface area contributed by atoms with Crippen molar-refractivity contribution in [3.05, 3.63) is 32.7 Å². The Morgan fingerprint density at radius 2 is 1.83 bits per heavy atom. The summed E-state index contributed by atoms with van der Waals surface area (Å²) in [6.07, 6.45) is 2.71. The summed E-state index contributed by atoms with van der Waals surface area (Å²) >= 11 is 0. The molecule has 0 radical (unpaired) electrons. The summed E-state index contributed by atoms with van der Waals surface area (Å²) in [6, 6.07) is 0.222. The van der Waals surface area contributed by atoms with Gasteiger partial charge in [0.1, 0.15) is 0 Å². The maximum Gasteiger partial charge on any atom is 0.332 e. The molecule has 0 spiro atoms. The van der Waals surface area contributed by atoms with Crippen LogP contribution in [0.15, 0.2) is 15.8 Å². The molecule has 0 fully saturated rings. The SMILES string of the molecule is Cc1cn2c3c(=O)n(CCC(C)C)c(=O)n(C)c3nc2n1C(C)C. The van der Waals surface area contributed by atoms with Crippen molar-refractivity contribution < 1.29 is 0 Å². The fraction of sp³-hybridized carbons (Fsp3) is 0.588. The van der Waals surface area contributed by atoms with Gasteiger partial charge in [-0.05, 0) is 33.1 Å². The first-order valence-corrected chi connectivity index (χ1v) is 8.43. The zero-order chi connectivity index (χ0) is 17.8. The molecule has 3 rings (SSSR count). The van der Waals surface area contributed by atoms with E-state index in [0.29, 0.717) is 29.4 Å². The van der Waals surface area contributed by atoms with E-state index in [9.17, 15) is 9.59 Å². The van der Waals surface area contributed by atoms with Crippen LogP contribution in [-0.2, 0) is 13.6 Å². The smallest absolute Gasteiger partial charge is 0.312 e. The Balaban J connectivity index is 2.39. The molecule has 3 aromatic rings. The highest BCUT2D eigenvalue weighted by atomic mass is 16.2. The van der Waals surface area contributed by atoms with E-state index in [1.165, 1.54) is 9.13 Å². The molecule has 0 N–H and O–H groups in total. The Labute approximate surface area is 140 Å². The van der Waals surface area contributed by atoms with Crippen molar-refractivity contribution in [1.82, 2.24) is 23.1 Å².